The highest BCUT2D eigenvalue weighted by Gasteiger charge is 2.15. The Morgan fingerprint density at radius 2 is 1.85 bits per heavy atom. The quantitative estimate of drug-likeness (QED) is 0.781. The van der Waals surface area contributed by atoms with Crippen molar-refractivity contribution < 1.29 is 13.2 Å². The number of anilines is 1. The van der Waals surface area contributed by atoms with Crippen molar-refractivity contribution in [2.24, 2.45) is 5.92 Å². The summed E-state index contributed by atoms with van der Waals surface area (Å²) in [5, 5.41) is 11.7. The number of hydrogen-bond acceptors (Lipinski definition) is 4. The molecular weight excluding hydrogens is 350 g/mol. The molecule has 0 unspecified atom stereocenters. The molecule has 2 rings (SSSR count). The van der Waals surface area contributed by atoms with Crippen LogP contribution in [0.2, 0.25) is 0 Å². The number of hydrogen-bond donors (Lipinski definition) is 2. The topological polar surface area (TPSA) is 99.1 Å². The lowest BCUT2D eigenvalue weighted by Gasteiger charge is -2.10. The molecule has 26 heavy (non-hydrogen) atoms. The van der Waals surface area contributed by atoms with Crippen LogP contribution in [0, 0.1) is 17.2 Å². The Kier molecular flexibility index (Phi) is 6.36. The van der Waals surface area contributed by atoms with E-state index in [9.17, 15) is 13.2 Å². The molecule has 7 heteroatoms. The normalized spacial score (nSPS) is 11.0. The SMILES string of the molecule is CC(C)CCNC(=O)c1ccc(S(=O)(=O)Nc2cccc(C#N)c2)cc1. The van der Waals surface area contributed by atoms with Gasteiger partial charge in [0.1, 0.15) is 0 Å². The van der Waals surface area contributed by atoms with Crippen LogP contribution in [0.1, 0.15) is 36.2 Å². The Labute approximate surface area is 153 Å². The van der Waals surface area contributed by atoms with E-state index >= 15 is 0 Å². The molecule has 0 atom stereocenters. The number of nitriles is 1. The maximum Gasteiger partial charge on any atom is 0.261 e. The molecule has 0 bridgehead atoms. The van der Waals surface area contributed by atoms with Gasteiger partial charge in [0.2, 0.25) is 0 Å². The second-order valence-electron chi connectivity index (χ2n) is 6.26. The van der Waals surface area contributed by atoms with E-state index in [1.807, 2.05) is 6.07 Å². The Morgan fingerprint density at radius 3 is 2.46 bits per heavy atom. The highest BCUT2D eigenvalue weighted by Crippen LogP contribution is 2.17. The average molecular weight is 371 g/mol. The summed E-state index contributed by atoms with van der Waals surface area (Å²) in [5.41, 5.74) is 1.07. The van der Waals surface area contributed by atoms with Crippen LogP contribution in [0.25, 0.3) is 0 Å². The highest BCUT2D eigenvalue weighted by atomic mass is 32.2. The summed E-state index contributed by atoms with van der Waals surface area (Å²) in [5.74, 6) is 0.262. The van der Waals surface area contributed by atoms with Crippen molar-refractivity contribution in [1.82, 2.24) is 5.32 Å². The smallest absolute Gasteiger partial charge is 0.261 e. The standard InChI is InChI=1S/C19H21N3O3S/c1-14(2)10-11-21-19(23)16-6-8-18(9-7-16)26(24,25)22-17-5-3-4-15(12-17)13-20/h3-9,12,14,22H,10-11H2,1-2H3,(H,21,23). The molecule has 6 nitrogen and oxygen atoms in total. The molecule has 2 N–H and O–H groups in total. The summed E-state index contributed by atoms with van der Waals surface area (Å²) in [7, 11) is -3.80. The van der Waals surface area contributed by atoms with Gasteiger partial charge in [-0.3, -0.25) is 9.52 Å². The zero-order valence-corrected chi connectivity index (χ0v) is 15.5. The van der Waals surface area contributed by atoms with Gasteiger partial charge in [0.05, 0.1) is 22.2 Å². The number of rotatable bonds is 7. The number of amides is 1. The largest absolute Gasteiger partial charge is 0.352 e. The Morgan fingerprint density at radius 1 is 1.15 bits per heavy atom. The molecule has 136 valence electrons. The van der Waals surface area contributed by atoms with Crippen molar-refractivity contribution in [3.05, 3.63) is 59.7 Å². The van der Waals surface area contributed by atoms with Gasteiger partial charge in [-0.1, -0.05) is 19.9 Å². The number of benzene rings is 2. The third kappa shape index (κ3) is 5.33. The van der Waals surface area contributed by atoms with Crippen molar-refractivity contribution in [2.45, 2.75) is 25.2 Å². The molecular formula is C19H21N3O3S. The van der Waals surface area contributed by atoms with E-state index in [0.717, 1.165) is 6.42 Å². The van der Waals surface area contributed by atoms with Crippen LogP contribution < -0.4 is 10.0 Å². The Balaban J connectivity index is 2.08. The molecule has 0 radical (unpaired) electrons. The van der Waals surface area contributed by atoms with Gasteiger partial charge in [-0.15, -0.1) is 0 Å². The molecule has 0 saturated heterocycles. The zero-order valence-electron chi connectivity index (χ0n) is 14.7. The molecule has 0 aliphatic rings. The minimum absolute atomic E-state index is 0.0404. The van der Waals surface area contributed by atoms with E-state index in [1.54, 1.807) is 18.2 Å². The Bertz CT molecular complexity index is 914. The van der Waals surface area contributed by atoms with Crippen molar-refractivity contribution >= 4 is 21.6 Å². The summed E-state index contributed by atoms with van der Waals surface area (Å²) >= 11 is 0. The lowest BCUT2D eigenvalue weighted by atomic mass is 10.1. The maximum atomic E-state index is 12.4. The summed E-state index contributed by atoms with van der Waals surface area (Å²) in [6.07, 6.45) is 0.879. The van der Waals surface area contributed by atoms with Crippen LogP contribution in [-0.2, 0) is 10.0 Å². The van der Waals surface area contributed by atoms with Gasteiger partial charge in [-0.05, 0) is 54.8 Å². The van der Waals surface area contributed by atoms with Crippen molar-refractivity contribution in [2.75, 3.05) is 11.3 Å². The number of carbonyl (C=O) groups is 1. The van der Waals surface area contributed by atoms with E-state index in [4.69, 9.17) is 5.26 Å². The van der Waals surface area contributed by atoms with E-state index in [1.165, 1.54) is 30.3 Å². The van der Waals surface area contributed by atoms with Crippen LogP contribution in [0.3, 0.4) is 0 Å². The second-order valence-corrected chi connectivity index (χ2v) is 7.94. The summed E-state index contributed by atoms with van der Waals surface area (Å²) in [6, 6.07) is 13.9. The fourth-order valence-electron chi connectivity index (χ4n) is 2.23. The van der Waals surface area contributed by atoms with E-state index in [2.05, 4.69) is 23.9 Å². The minimum atomic E-state index is -3.80. The van der Waals surface area contributed by atoms with Gasteiger partial charge in [-0.2, -0.15) is 5.26 Å². The number of nitrogens with one attached hydrogen (secondary N) is 2. The number of nitrogens with zero attached hydrogens (tertiary/aromatic N) is 1. The third-order valence-electron chi connectivity index (χ3n) is 3.68. The van der Waals surface area contributed by atoms with E-state index in [-0.39, 0.29) is 10.8 Å². The maximum absolute atomic E-state index is 12.4. The highest BCUT2D eigenvalue weighted by molar-refractivity contribution is 7.92. The van der Waals surface area contributed by atoms with Crippen molar-refractivity contribution in [3.8, 4) is 6.07 Å². The molecule has 0 aliphatic carbocycles. The third-order valence-corrected chi connectivity index (χ3v) is 5.08. The van der Waals surface area contributed by atoms with Crippen molar-refractivity contribution in [3.63, 3.8) is 0 Å². The van der Waals surface area contributed by atoms with Crippen LogP contribution in [0.15, 0.2) is 53.4 Å². The van der Waals surface area contributed by atoms with Crippen LogP contribution in [0.5, 0.6) is 0 Å². The fraction of sp³-hybridized carbons (Fsp3) is 0.263. The van der Waals surface area contributed by atoms with Crippen LogP contribution in [-0.4, -0.2) is 20.9 Å². The first-order valence-electron chi connectivity index (χ1n) is 8.23. The van der Waals surface area contributed by atoms with Gasteiger partial charge in [-0.25, -0.2) is 8.42 Å². The van der Waals surface area contributed by atoms with E-state index < -0.39 is 10.0 Å². The van der Waals surface area contributed by atoms with Gasteiger partial charge >= 0.3 is 0 Å². The number of sulfonamides is 1. The Hall–Kier alpha value is -2.85. The molecule has 1 amide bonds. The summed E-state index contributed by atoms with van der Waals surface area (Å²) in [4.78, 5) is 12.1. The first-order valence-corrected chi connectivity index (χ1v) is 9.71. The van der Waals surface area contributed by atoms with Gasteiger partial charge in [0, 0.05) is 12.1 Å². The van der Waals surface area contributed by atoms with Crippen LogP contribution >= 0.6 is 0 Å². The fourth-order valence-corrected chi connectivity index (χ4v) is 3.28. The molecule has 0 fully saturated rings. The van der Waals surface area contributed by atoms with Gasteiger partial charge < -0.3 is 5.32 Å². The molecule has 0 aromatic heterocycles. The first kappa shape index (κ1) is 19.5. The zero-order chi connectivity index (χ0) is 19.2. The average Bonchev–Trinajstić information content (AvgIpc) is 2.61. The minimum Gasteiger partial charge on any atom is -0.352 e. The first-order chi connectivity index (χ1) is 12.3. The second kappa shape index (κ2) is 8.50. The lowest BCUT2D eigenvalue weighted by molar-refractivity contribution is 0.0952. The molecule has 2 aromatic carbocycles. The van der Waals surface area contributed by atoms with Gasteiger partial charge in [0.15, 0.2) is 0 Å². The summed E-state index contributed by atoms with van der Waals surface area (Å²) < 4.78 is 27.3. The predicted octanol–water partition coefficient (Wildman–Crippen LogP) is 3.13. The van der Waals surface area contributed by atoms with Gasteiger partial charge in [0.25, 0.3) is 15.9 Å². The lowest BCUT2D eigenvalue weighted by Crippen LogP contribution is -2.25. The molecule has 2 aromatic rings. The number of carbonyl (C=O) groups excluding carboxylic acids is 1. The monoisotopic (exact) mass is 371 g/mol. The summed E-state index contributed by atoms with van der Waals surface area (Å²) in [6.45, 7) is 4.73. The van der Waals surface area contributed by atoms with Crippen LogP contribution in [0.4, 0.5) is 5.69 Å². The molecule has 0 heterocycles. The van der Waals surface area contributed by atoms with Crippen molar-refractivity contribution in [1.29, 1.82) is 5.26 Å². The molecule has 0 saturated carbocycles. The molecule has 0 spiro atoms. The predicted molar refractivity (Wildman–Crippen MR) is 100 cm³/mol. The van der Waals surface area contributed by atoms with E-state index in [0.29, 0.717) is 29.3 Å². The molecule has 0 aliphatic heterocycles.